The van der Waals surface area contributed by atoms with Crippen LogP contribution in [0.1, 0.15) is 16.7 Å². The quantitative estimate of drug-likeness (QED) is 0.799. The monoisotopic (exact) mass is 326 g/mol. The lowest BCUT2D eigenvalue weighted by molar-refractivity contribution is 0.402. The third-order valence-electron chi connectivity index (χ3n) is 2.98. The molecular weight excluding hydrogens is 308 g/mol. The summed E-state index contributed by atoms with van der Waals surface area (Å²) in [4.78, 5) is 2.25. The lowest BCUT2D eigenvalue weighted by atomic mass is 10.3. The van der Waals surface area contributed by atoms with E-state index in [4.69, 9.17) is 10.5 Å². The summed E-state index contributed by atoms with van der Waals surface area (Å²) in [7, 11) is -2.24. The van der Waals surface area contributed by atoms with Gasteiger partial charge in [-0.1, -0.05) is 6.92 Å². The van der Waals surface area contributed by atoms with Crippen molar-refractivity contribution >= 4 is 27.0 Å². The molecule has 1 aromatic heterocycles. The van der Waals surface area contributed by atoms with Gasteiger partial charge in [-0.2, -0.15) is 0 Å². The number of sulfonamides is 1. The van der Waals surface area contributed by atoms with Crippen molar-refractivity contribution in [1.82, 2.24) is 4.72 Å². The maximum absolute atomic E-state index is 12.4. The number of rotatable bonds is 6. The van der Waals surface area contributed by atoms with Crippen molar-refractivity contribution in [3.63, 3.8) is 0 Å². The van der Waals surface area contributed by atoms with Gasteiger partial charge in [-0.3, -0.25) is 0 Å². The molecule has 2 aromatic rings. The minimum Gasteiger partial charge on any atom is -0.495 e. The van der Waals surface area contributed by atoms with E-state index in [-0.39, 0.29) is 17.2 Å². The van der Waals surface area contributed by atoms with E-state index in [1.807, 2.05) is 12.1 Å². The van der Waals surface area contributed by atoms with Crippen LogP contribution < -0.4 is 15.2 Å². The predicted molar refractivity (Wildman–Crippen MR) is 85.1 cm³/mol. The fourth-order valence-corrected chi connectivity index (χ4v) is 4.05. The van der Waals surface area contributed by atoms with Gasteiger partial charge in [0.15, 0.2) is 0 Å². The standard InChI is InChI=1S/C14H18N2O3S2/c1-3-11-5-6-12(20-11)9-16-21(17,18)14-8-10(15)4-7-13(14)19-2/h4-8,16H,3,9,15H2,1-2H3. The van der Waals surface area contributed by atoms with E-state index in [9.17, 15) is 8.42 Å². The van der Waals surface area contributed by atoms with Crippen LogP contribution in [0.15, 0.2) is 35.2 Å². The molecule has 7 heteroatoms. The van der Waals surface area contributed by atoms with Crippen LogP contribution >= 0.6 is 11.3 Å². The van der Waals surface area contributed by atoms with Crippen LogP contribution in [-0.4, -0.2) is 15.5 Å². The second-order valence-electron chi connectivity index (χ2n) is 4.46. The normalized spacial score (nSPS) is 11.5. The van der Waals surface area contributed by atoms with Gasteiger partial charge in [0.2, 0.25) is 10.0 Å². The minimum absolute atomic E-state index is 0.0530. The molecule has 0 fully saturated rings. The van der Waals surface area contributed by atoms with E-state index in [1.165, 1.54) is 18.1 Å². The summed E-state index contributed by atoms with van der Waals surface area (Å²) in [5.41, 5.74) is 6.04. The molecule has 0 aliphatic rings. The fourth-order valence-electron chi connectivity index (χ4n) is 1.85. The Balaban J connectivity index is 2.20. The first-order valence-corrected chi connectivity index (χ1v) is 8.77. The topological polar surface area (TPSA) is 81.4 Å². The van der Waals surface area contributed by atoms with Crippen molar-refractivity contribution in [2.24, 2.45) is 0 Å². The maximum Gasteiger partial charge on any atom is 0.244 e. The molecule has 0 amide bonds. The highest BCUT2D eigenvalue weighted by Gasteiger charge is 2.19. The Kier molecular flexibility index (Phi) is 4.87. The number of ether oxygens (including phenoxy) is 1. The molecule has 0 atom stereocenters. The smallest absolute Gasteiger partial charge is 0.244 e. The van der Waals surface area contributed by atoms with Gasteiger partial charge in [0.1, 0.15) is 10.6 Å². The van der Waals surface area contributed by atoms with Crippen LogP contribution in [0, 0.1) is 0 Å². The number of hydrogen-bond acceptors (Lipinski definition) is 5. The first kappa shape index (κ1) is 15.8. The summed E-state index contributed by atoms with van der Waals surface area (Å²) in [6.07, 6.45) is 0.945. The van der Waals surface area contributed by atoms with Crippen LogP contribution in [0.5, 0.6) is 5.75 Å². The lowest BCUT2D eigenvalue weighted by Crippen LogP contribution is -2.23. The number of hydrogen-bond donors (Lipinski definition) is 2. The molecule has 21 heavy (non-hydrogen) atoms. The third-order valence-corrected chi connectivity index (χ3v) is 5.63. The average molecular weight is 326 g/mol. The van der Waals surface area contributed by atoms with Crippen molar-refractivity contribution in [3.8, 4) is 5.75 Å². The van der Waals surface area contributed by atoms with Gasteiger partial charge in [0.25, 0.3) is 0 Å². The Hall–Kier alpha value is -1.57. The first-order chi connectivity index (χ1) is 9.96. The molecule has 0 saturated heterocycles. The lowest BCUT2D eigenvalue weighted by Gasteiger charge is -2.10. The highest BCUT2D eigenvalue weighted by atomic mass is 32.2. The molecule has 0 unspecified atom stereocenters. The van der Waals surface area contributed by atoms with E-state index < -0.39 is 10.0 Å². The van der Waals surface area contributed by atoms with E-state index in [1.54, 1.807) is 23.5 Å². The van der Waals surface area contributed by atoms with Crippen molar-refractivity contribution in [1.29, 1.82) is 0 Å². The molecule has 5 nitrogen and oxygen atoms in total. The summed E-state index contributed by atoms with van der Waals surface area (Å²) in [6.45, 7) is 2.32. The second kappa shape index (κ2) is 6.46. The van der Waals surface area contributed by atoms with Crippen molar-refractivity contribution < 1.29 is 13.2 Å². The maximum atomic E-state index is 12.4. The molecule has 0 radical (unpaired) electrons. The highest BCUT2D eigenvalue weighted by molar-refractivity contribution is 7.89. The predicted octanol–water partition coefficient (Wildman–Crippen LogP) is 2.38. The number of nitrogens with two attached hydrogens (primary N) is 1. The number of aryl methyl sites for hydroxylation is 1. The van der Waals surface area contributed by atoms with E-state index in [2.05, 4.69) is 11.6 Å². The summed E-state index contributed by atoms with van der Waals surface area (Å²) < 4.78 is 32.4. The van der Waals surface area contributed by atoms with Gasteiger partial charge in [0, 0.05) is 22.0 Å². The zero-order valence-corrected chi connectivity index (χ0v) is 13.6. The number of methoxy groups -OCH3 is 1. The molecular formula is C14H18N2O3S2. The van der Waals surface area contributed by atoms with Gasteiger partial charge in [-0.05, 0) is 36.8 Å². The summed E-state index contributed by atoms with van der Waals surface area (Å²) in [6, 6.07) is 8.49. The number of nitrogen functional groups attached to an aromatic ring is 1. The number of thiophene rings is 1. The van der Waals surface area contributed by atoms with Crippen LogP contribution in [0.3, 0.4) is 0 Å². The Morgan fingerprint density at radius 3 is 2.57 bits per heavy atom. The van der Waals surface area contributed by atoms with Gasteiger partial charge in [-0.15, -0.1) is 11.3 Å². The first-order valence-electron chi connectivity index (χ1n) is 6.47. The largest absolute Gasteiger partial charge is 0.495 e. The van der Waals surface area contributed by atoms with Crippen molar-refractivity contribution in [3.05, 3.63) is 40.1 Å². The summed E-state index contributed by atoms with van der Waals surface area (Å²) in [5, 5.41) is 0. The molecule has 0 saturated carbocycles. The summed E-state index contributed by atoms with van der Waals surface area (Å²) in [5.74, 6) is 0.275. The fraction of sp³-hybridized carbons (Fsp3) is 0.286. The molecule has 1 aromatic carbocycles. The van der Waals surface area contributed by atoms with Crippen LogP contribution in [0.25, 0.3) is 0 Å². The minimum atomic E-state index is -3.67. The Bertz CT molecular complexity index is 724. The molecule has 0 bridgehead atoms. The molecule has 1 heterocycles. The van der Waals surface area contributed by atoms with Crippen LogP contribution in [0.2, 0.25) is 0 Å². The average Bonchev–Trinajstić information content (AvgIpc) is 2.93. The molecule has 0 aliphatic carbocycles. The Labute approximate surface area is 128 Å². The van der Waals surface area contributed by atoms with Crippen molar-refractivity contribution in [2.45, 2.75) is 24.8 Å². The van der Waals surface area contributed by atoms with Crippen LogP contribution in [-0.2, 0) is 23.0 Å². The van der Waals surface area contributed by atoms with Gasteiger partial charge in [-0.25, -0.2) is 13.1 Å². The van der Waals surface area contributed by atoms with E-state index in [0.717, 1.165) is 11.3 Å². The molecule has 0 aliphatic heterocycles. The van der Waals surface area contributed by atoms with E-state index >= 15 is 0 Å². The number of anilines is 1. The molecule has 114 valence electrons. The zero-order valence-electron chi connectivity index (χ0n) is 11.9. The SMILES string of the molecule is CCc1ccc(CNS(=O)(=O)c2cc(N)ccc2OC)s1. The summed E-state index contributed by atoms with van der Waals surface area (Å²) >= 11 is 1.60. The van der Waals surface area contributed by atoms with Crippen molar-refractivity contribution in [2.75, 3.05) is 12.8 Å². The molecule has 0 spiro atoms. The Morgan fingerprint density at radius 2 is 1.95 bits per heavy atom. The zero-order chi connectivity index (χ0) is 15.5. The molecule has 2 rings (SSSR count). The van der Waals surface area contributed by atoms with Gasteiger partial charge < -0.3 is 10.5 Å². The number of benzene rings is 1. The van der Waals surface area contributed by atoms with Gasteiger partial charge in [0.05, 0.1) is 7.11 Å². The molecule has 3 N–H and O–H groups in total. The van der Waals surface area contributed by atoms with Gasteiger partial charge >= 0.3 is 0 Å². The van der Waals surface area contributed by atoms with Crippen LogP contribution in [0.4, 0.5) is 5.69 Å². The number of nitrogens with one attached hydrogen (secondary N) is 1. The third kappa shape index (κ3) is 3.75. The Morgan fingerprint density at radius 1 is 1.24 bits per heavy atom. The highest BCUT2D eigenvalue weighted by Crippen LogP contribution is 2.26. The second-order valence-corrected chi connectivity index (χ2v) is 7.44. The van der Waals surface area contributed by atoms with E-state index in [0.29, 0.717) is 5.69 Å².